The molecule has 0 aliphatic heterocycles. The van der Waals surface area contributed by atoms with Crippen molar-refractivity contribution in [2.45, 2.75) is 70.0 Å². The lowest BCUT2D eigenvalue weighted by atomic mass is 9.88. The van der Waals surface area contributed by atoms with Crippen molar-refractivity contribution in [1.82, 2.24) is 25.1 Å². The average molecular weight is 552 g/mol. The summed E-state index contributed by atoms with van der Waals surface area (Å²) in [6, 6.07) is 16.6. The smallest absolute Gasteiger partial charge is 0.408 e. The van der Waals surface area contributed by atoms with Crippen molar-refractivity contribution >= 4 is 12.0 Å². The lowest BCUT2D eigenvalue weighted by Crippen LogP contribution is -2.62. The van der Waals surface area contributed by atoms with Crippen LogP contribution in [0.3, 0.4) is 0 Å². The lowest BCUT2D eigenvalue weighted by Gasteiger charge is -2.43. The Bertz CT molecular complexity index is 1230. The highest BCUT2D eigenvalue weighted by atomic mass is 16.4. The molecule has 1 heterocycles. The maximum atomic E-state index is 13.2. The van der Waals surface area contributed by atoms with Crippen molar-refractivity contribution in [3.63, 3.8) is 0 Å². The van der Waals surface area contributed by atoms with E-state index in [1.165, 1.54) is 11.1 Å². The van der Waals surface area contributed by atoms with E-state index in [9.17, 15) is 24.9 Å². The Balaban J connectivity index is 1.94. The number of H-pyrrole nitrogens is 1. The van der Waals surface area contributed by atoms with Crippen LogP contribution in [0.1, 0.15) is 48.2 Å². The third-order valence-electron chi connectivity index (χ3n) is 6.66. The van der Waals surface area contributed by atoms with Gasteiger partial charge in [-0.25, -0.2) is 9.78 Å². The number of carbonyl (C=O) groups is 2. The minimum Gasteiger partial charge on any atom is -0.465 e. The first-order chi connectivity index (χ1) is 18.9. The molecule has 0 unspecified atom stereocenters. The number of aromatic amines is 1. The molecule has 4 atom stereocenters. The summed E-state index contributed by atoms with van der Waals surface area (Å²) in [6.45, 7) is 5.74. The zero-order chi connectivity index (χ0) is 29.4. The molecule has 0 aliphatic rings. The number of hydrogen-bond acceptors (Lipinski definition) is 6. The van der Waals surface area contributed by atoms with E-state index in [1.54, 1.807) is 20.8 Å². The van der Waals surface area contributed by atoms with E-state index in [1.807, 2.05) is 79.7 Å². The van der Waals surface area contributed by atoms with Crippen molar-refractivity contribution in [3.05, 3.63) is 89.5 Å². The first-order valence-electron chi connectivity index (χ1n) is 13.3. The minimum absolute atomic E-state index is 0.170. The summed E-state index contributed by atoms with van der Waals surface area (Å²) in [5.74, 6) is 0.121. The zero-order valence-electron chi connectivity index (χ0n) is 23.8. The predicted molar refractivity (Wildman–Crippen MR) is 153 cm³/mol. The van der Waals surface area contributed by atoms with Gasteiger partial charge in [0.15, 0.2) is 0 Å². The van der Waals surface area contributed by atoms with Gasteiger partial charge in [-0.15, -0.1) is 0 Å². The molecular formula is C30H41N5O5. The van der Waals surface area contributed by atoms with Crippen molar-refractivity contribution in [2.75, 3.05) is 14.1 Å². The van der Waals surface area contributed by atoms with Crippen molar-refractivity contribution in [3.8, 4) is 0 Å². The highest BCUT2D eigenvalue weighted by molar-refractivity contribution is 5.92. The maximum absolute atomic E-state index is 13.2. The molecule has 10 nitrogen and oxygen atoms in total. The highest BCUT2D eigenvalue weighted by Gasteiger charge is 2.42. The van der Waals surface area contributed by atoms with Crippen LogP contribution in [0.5, 0.6) is 0 Å². The van der Waals surface area contributed by atoms with E-state index in [0.29, 0.717) is 12.4 Å². The second-order valence-electron chi connectivity index (χ2n) is 11.3. The van der Waals surface area contributed by atoms with Gasteiger partial charge in [0.1, 0.15) is 23.7 Å². The zero-order valence-corrected chi connectivity index (χ0v) is 23.8. The van der Waals surface area contributed by atoms with Gasteiger partial charge < -0.3 is 30.5 Å². The van der Waals surface area contributed by atoms with Gasteiger partial charge in [-0.3, -0.25) is 9.69 Å². The van der Waals surface area contributed by atoms with E-state index >= 15 is 0 Å². The molecule has 3 aromatic rings. The second kappa shape index (κ2) is 13.6. The summed E-state index contributed by atoms with van der Waals surface area (Å²) in [5.41, 5.74) is 0.994. The molecule has 0 aliphatic carbocycles. The molecule has 40 heavy (non-hydrogen) atoms. The minimum atomic E-state index is -1.52. The molecule has 10 heteroatoms. The van der Waals surface area contributed by atoms with Gasteiger partial charge in [-0.05, 0) is 58.8 Å². The van der Waals surface area contributed by atoms with Gasteiger partial charge in [0.25, 0.3) is 5.91 Å². The van der Waals surface area contributed by atoms with Gasteiger partial charge in [-0.2, -0.15) is 0 Å². The summed E-state index contributed by atoms with van der Waals surface area (Å²) in [7, 11) is 3.78. The summed E-state index contributed by atoms with van der Waals surface area (Å²) in [6.07, 6.45) is -2.41. The molecule has 0 fully saturated rings. The van der Waals surface area contributed by atoms with E-state index in [2.05, 4.69) is 15.3 Å². The molecule has 0 spiro atoms. The van der Waals surface area contributed by atoms with E-state index < -0.39 is 41.8 Å². The van der Waals surface area contributed by atoms with Gasteiger partial charge in [0, 0.05) is 5.54 Å². The maximum Gasteiger partial charge on any atom is 0.408 e. The third kappa shape index (κ3) is 8.38. The molecule has 5 N–H and O–H groups in total. The molecule has 0 bridgehead atoms. The van der Waals surface area contributed by atoms with Crippen LogP contribution in [0.15, 0.2) is 66.9 Å². The van der Waals surface area contributed by atoms with Gasteiger partial charge in [0.05, 0.1) is 24.8 Å². The number of nitrogens with one attached hydrogen (secondary N) is 2. The second-order valence-corrected chi connectivity index (χ2v) is 11.3. The number of aliphatic hydroxyl groups is 2. The largest absolute Gasteiger partial charge is 0.465 e. The van der Waals surface area contributed by atoms with Crippen LogP contribution in [-0.2, 0) is 19.4 Å². The Kier molecular flexibility index (Phi) is 10.4. The Morgan fingerprint density at radius 1 is 0.925 bits per heavy atom. The van der Waals surface area contributed by atoms with Crippen molar-refractivity contribution < 1.29 is 24.9 Å². The monoisotopic (exact) mass is 551 g/mol. The summed E-state index contributed by atoms with van der Waals surface area (Å²) in [5, 5.41) is 36.2. The Hall–Kier alpha value is -3.73. The standard InChI is InChI=1S/C30H41N5O5/c1-30(2,3)35(29(39)40)24(17-21-14-10-7-11-15-21)27(37)26(36)22(16-20-12-8-6-9-13-20)33-28(38)23-18-31-25(32-23)19-34(4)5/h6-15,18,22,24,26-27,36-37H,16-17,19H2,1-5H3,(H,31,32)(H,33,38)(H,39,40)/t22-,24-,26+,27+/m0/s1. The lowest BCUT2D eigenvalue weighted by molar-refractivity contribution is -0.0638. The number of carbonyl (C=O) groups excluding carboxylic acids is 1. The van der Waals surface area contributed by atoms with Crippen LogP contribution in [-0.4, -0.2) is 91.0 Å². The molecule has 1 aromatic heterocycles. The van der Waals surface area contributed by atoms with Gasteiger partial charge in [-0.1, -0.05) is 60.7 Å². The van der Waals surface area contributed by atoms with Crippen LogP contribution >= 0.6 is 0 Å². The highest BCUT2D eigenvalue weighted by Crippen LogP contribution is 2.25. The molecule has 216 valence electrons. The Morgan fingerprint density at radius 3 is 1.98 bits per heavy atom. The Morgan fingerprint density at radius 2 is 1.48 bits per heavy atom. The third-order valence-corrected chi connectivity index (χ3v) is 6.66. The molecule has 3 rings (SSSR count). The van der Waals surface area contributed by atoms with Crippen LogP contribution in [0.25, 0.3) is 0 Å². The number of hydrogen-bond donors (Lipinski definition) is 5. The molecule has 2 aromatic carbocycles. The quantitative estimate of drug-likeness (QED) is 0.233. The Labute approximate surface area is 235 Å². The summed E-state index contributed by atoms with van der Waals surface area (Å²) < 4.78 is 0. The predicted octanol–water partition coefficient (Wildman–Crippen LogP) is 2.92. The fourth-order valence-electron chi connectivity index (χ4n) is 4.84. The number of rotatable bonds is 12. The number of aromatic nitrogens is 2. The first-order valence-corrected chi connectivity index (χ1v) is 13.3. The SMILES string of the molecule is CN(C)Cc1ncc(C(=O)N[C@@H](Cc2ccccc2)[C@@H](O)[C@H](O)[C@H](Cc2ccccc2)N(C(=O)O)C(C)(C)C)[nH]1. The normalized spacial score (nSPS) is 14.8. The fraction of sp³-hybridized carbons (Fsp3) is 0.433. The number of nitrogens with zero attached hydrogens (tertiary/aromatic N) is 3. The number of amides is 2. The van der Waals surface area contributed by atoms with Gasteiger partial charge >= 0.3 is 6.09 Å². The van der Waals surface area contributed by atoms with E-state index in [-0.39, 0.29) is 18.5 Å². The number of aliphatic hydroxyl groups excluding tert-OH is 2. The van der Waals surface area contributed by atoms with Gasteiger partial charge in [0.2, 0.25) is 0 Å². The van der Waals surface area contributed by atoms with Crippen LogP contribution in [0.2, 0.25) is 0 Å². The fourth-order valence-corrected chi connectivity index (χ4v) is 4.84. The topological polar surface area (TPSA) is 142 Å². The van der Waals surface area contributed by atoms with Crippen molar-refractivity contribution in [2.24, 2.45) is 0 Å². The van der Waals surface area contributed by atoms with E-state index in [0.717, 1.165) is 11.1 Å². The average Bonchev–Trinajstić information content (AvgIpc) is 3.35. The summed E-state index contributed by atoms with van der Waals surface area (Å²) in [4.78, 5) is 36.0. The van der Waals surface area contributed by atoms with Crippen LogP contribution in [0.4, 0.5) is 4.79 Å². The molecule has 0 saturated carbocycles. The number of carboxylic acid groups (broad SMARTS) is 1. The van der Waals surface area contributed by atoms with Crippen LogP contribution in [0, 0.1) is 0 Å². The molecular weight excluding hydrogens is 510 g/mol. The molecule has 0 saturated heterocycles. The molecule has 2 amide bonds. The van der Waals surface area contributed by atoms with Crippen molar-refractivity contribution in [1.29, 1.82) is 0 Å². The number of benzene rings is 2. The number of imidazole rings is 1. The first kappa shape index (κ1) is 30.8. The van der Waals surface area contributed by atoms with Crippen LogP contribution < -0.4 is 5.32 Å². The summed E-state index contributed by atoms with van der Waals surface area (Å²) >= 11 is 0. The van der Waals surface area contributed by atoms with E-state index in [4.69, 9.17) is 0 Å². The molecule has 0 radical (unpaired) electrons.